The lowest BCUT2D eigenvalue weighted by atomic mass is 9.68. The molecule has 2 aliphatic rings. The van der Waals surface area contributed by atoms with Gasteiger partial charge in [-0.3, -0.25) is 4.79 Å². The van der Waals surface area contributed by atoms with E-state index in [0.717, 1.165) is 39.1 Å². The summed E-state index contributed by atoms with van der Waals surface area (Å²) < 4.78 is 0. The van der Waals surface area contributed by atoms with Crippen LogP contribution in [-0.2, 0) is 10.3 Å². The minimum atomic E-state index is -0.893. The van der Waals surface area contributed by atoms with E-state index in [0.29, 0.717) is 6.54 Å². The van der Waals surface area contributed by atoms with Crippen molar-refractivity contribution >= 4 is 22.5 Å². The quantitative estimate of drug-likeness (QED) is 0.310. The number of allylic oxidation sites excluding steroid dienone is 3. The second-order valence-corrected chi connectivity index (χ2v) is 9.76. The zero-order valence-electron chi connectivity index (χ0n) is 20.7. The molecule has 6 rings (SSSR count). The van der Waals surface area contributed by atoms with Gasteiger partial charge in [-0.25, -0.2) is 0 Å². The van der Waals surface area contributed by atoms with E-state index in [1.165, 1.54) is 5.57 Å². The SMILES string of the molecule is CC1=C(c2ccccc2)C(c2ccccc2)=C(c2ccccc2)[C@]2(c3ccccc3)C(=O)[C@H](C)CN12. The first kappa shape index (κ1) is 22.3. The molecular formula is C34H29NO. The Morgan fingerprint density at radius 3 is 1.61 bits per heavy atom. The molecule has 0 radical (unpaired) electrons. The maximum atomic E-state index is 14.5. The molecule has 4 aromatic carbocycles. The number of carbonyl (C=O) groups excluding carboxylic acids is 1. The Morgan fingerprint density at radius 1 is 0.639 bits per heavy atom. The lowest BCUT2D eigenvalue weighted by Gasteiger charge is -2.47. The molecule has 0 unspecified atom stereocenters. The van der Waals surface area contributed by atoms with Crippen LogP contribution in [0.5, 0.6) is 0 Å². The number of hydrogen-bond donors (Lipinski definition) is 0. The molecule has 0 bridgehead atoms. The number of Topliss-reactive ketones (excluding diaryl/α,β-unsaturated/α-hetero) is 1. The summed E-state index contributed by atoms with van der Waals surface area (Å²) in [6, 6.07) is 42.0. The highest BCUT2D eigenvalue weighted by molar-refractivity contribution is 6.24. The maximum Gasteiger partial charge on any atom is 0.172 e. The van der Waals surface area contributed by atoms with Crippen LogP contribution in [0, 0.1) is 5.92 Å². The highest BCUT2D eigenvalue weighted by Crippen LogP contribution is 2.58. The van der Waals surface area contributed by atoms with Gasteiger partial charge < -0.3 is 4.90 Å². The molecule has 2 heterocycles. The van der Waals surface area contributed by atoms with Gasteiger partial charge in [-0.05, 0) is 34.8 Å². The third-order valence-electron chi connectivity index (χ3n) is 7.67. The zero-order valence-corrected chi connectivity index (χ0v) is 20.7. The minimum absolute atomic E-state index is 0.0917. The standard InChI is InChI=1S/C34H29NO/c1-24-23-35-25(2)30(26-15-7-3-8-16-26)31(27-17-9-4-10-18-27)32(28-19-11-5-12-20-28)34(35,33(24)36)29-21-13-6-14-22-29/h3-22,24H,23H2,1-2H3/t24-,34-/m1/s1. The van der Waals surface area contributed by atoms with Crippen molar-refractivity contribution in [2.45, 2.75) is 19.4 Å². The number of hydrogen-bond acceptors (Lipinski definition) is 2. The topological polar surface area (TPSA) is 20.3 Å². The van der Waals surface area contributed by atoms with Crippen LogP contribution in [0.4, 0.5) is 0 Å². The van der Waals surface area contributed by atoms with Gasteiger partial charge in [0.25, 0.3) is 0 Å². The summed E-state index contributed by atoms with van der Waals surface area (Å²) in [7, 11) is 0. The van der Waals surface area contributed by atoms with Crippen LogP contribution in [0.2, 0.25) is 0 Å². The third-order valence-corrected chi connectivity index (χ3v) is 7.67. The minimum Gasteiger partial charge on any atom is -0.354 e. The first-order chi connectivity index (χ1) is 17.6. The molecule has 2 heteroatoms. The van der Waals surface area contributed by atoms with Gasteiger partial charge in [-0.15, -0.1) is 0 Å². The molecule has 0 amide bonds. The number of nitrogens with zero attached hydrogens (tertiary/aromatic N) is 1. The normalized spacial score (nSPS) is 21.7. The summed E-state index contributed by atoms with van der Waals surface area (Å²) in [4.78, 5) is 16.9. The summed E-state index contributed by atoms with van der Waals surface area (Å²) in [6.45, 7) is 4.95. The van der Waals surface area contributed by atoms with Crippen LogP contribution in [0.25, 0.3) is 16.7 Å². The van der Waals surface area contributed by atoms with E-state index in [2.05, 4.69) is 128 Å². The molecule has 0 aromatic heterocycles. The molecule has 2 aliphatic heterocycles. The Kier molecular flexibility index (Phi) is 5.45. The van der Waals surface area contributed by atoms with Crippen molar-refractivity contribution < 1.29 is 4.79 Å². The Bertz CT molecular complexity index is 1470. The van der Waals surface area contributed by atoms with E-state index < -0.39 is 5.54 Å². The predicted octanol–water partition coefficient (Wildman–Crippen LogP) is 7.46. The molecule has 2 atom stereocenters. The smallest absolute Gasteiger partial charge is 0.172 e. The number of carbonyl (C=O) groups is 1. The maximum absolute atomic E-state index is 14.5. The fourth-order valence-corrected chi connectivity index (χ4v) is 6.18. The fourth-order valence-electron chi connectivity index (χ4n) is 6.18. The van der Waals surface area contributed by atoms with Gasteiger partial charge in [0.1, 0.15) is 0 Å². The second-order valence-electron chi connectivity index (χ2n) is 9.76. The van der Waals surface area contributed by atoms with E-state index >= 15 is 0 Å². The molecule has 2 nitrogen and oxygen atoms in total. The number of ketones is 1. The van der Waals surface area contributed by atoms with E-state index in [4.69, 9.17) is 0 Å². The first-order valence-electron chi connectivity index (χ1n) is 12.6. The van der Waals surface area contributed by atoms with Gasteiger partial charge in [0.05, 0.1) is 0 Å². The van der Waals surface area contributed by atoms with Gasteiger partial charge in [0.2, 0.25) is 0 Å². The Morgan fingerprint density at radius 2 is 1.08 bits per heavy atom. The third kappa shape index (κ3) is 3.21. The van der Waals surface area contributed by atoms with Crippen molar-refractivity contribution in [3.63, 3.8) is 0 Å². The summed E-state index contributed by atoms with van der Waals surface area (Å²) >= 11 is 0. The Balaban J connectivity index is 1.83. The Labute approximate surface area is 213 Å². The molecule has 176 valence electrons. The molecule has 36 heavy (non-hydrogen) atoms. The van der Waals surface area contributed by atoms with Crippen LogP contribution in [0.3, 0.4) is 0 Å². The largest absolute Gasteiger partial charge is 0.354 e. The highest BCUT2D eigenvalue weighted by Gasteiger charge is 2.59. The van der Waals surface area contributed by atoms with E-state index in [9.17, 15) is 4.79 Å². The molecule has 0 N–H and O–H groups in total. The lowest BCUT2D eigenvalue weighted by molar-refractivity contribution is -0.124. The van der Waals surface area contributed by atoms with Crippen molar-refractivity contribution in [3.8, 4) is 0 Å². The van der Waals surface area contributed by atoms with Crippen molar-refractivity contribution in [3.05, 3.63) is 149 Å². The van der Waals surface area contributed by atoms with Crippen LogP contribution in [-0.4, -0.2) is 17.2 Å². The molecule has 1 fully saturated rings. The summed E-state index contributed by atoms with van der Waals surface area (Å²) in [5, 5.41) is 0. The molecule has 1 saturated heterocycles. The summed E-state index contributed by atoms with van der Waals surface area (Å²) in [6.07, 6.45) is 0. The van der Waals surface area contributed by atoms with Crippen LogP contribution >= 0.6 is 0 Å². The fraction of sp³-hybridized carbons (Fsp3) is 0.147. The summed E-state index contributed by atoms with van der Waals surface area (Å²) in [5.74, 6) is 0.165. The average molecular weight is 468 g/mol. The molecule has 0 spiro atoms. The molecule has 4 aromatic rings. The predicted molar refractivity (Wildman–Crippen MR) is 148 cm³/mol. The van der Waals surface area contributed by atoms with Crippen molar-refractivity contribution in [1.82, 2.24) is 4.90 Å². The number of rotatable bonds is 4. The van der Waals surface area contributed by atoms with E-state index in [1.807, 2.05) is 12.1 Å². The monoisotopic (exact) mass is 467 g/mol. The van der Waals surface area contributed by atoms with E-state index in [1.54, 1.807) is 0 Å². The highest BCUT2D eigenvalue weighted by atomic mass is 16.1. The van der Waals surface area contributed by atoms with Crippen molar-refractivity contribution in [2.75, 3.05) is 6.54 Å². The van der Waals surface area contributed by atoms with Crippen LogP contribution < -0.4 is 0 Å². The number of fused-ring (bicyclic) bond motifs is 1. The zero-order chi connectivity index (χ0) is 24.7. The van der Waals surface area contributed by atoms with Crippen molar-refractivity contribution in [2.24, 2.45) is 5.92 Å². The lowest BCUT2D eigenvalue weighted by Crippen LogP contribution is -2.48. The van der Waals surface area contributed by atoms with Gasteiger partial charge >= 0.3 is 0 Å². The average Bonchev–Trinajstić information content (AvgIpc) is 3.22. The molecule has 0 saturated carbocycles. The van der Waals surface area contributed by atoms with Gasteiger partial charge in [-0.1, -0.05) is 128 Å². The summed E-state index contributed by atoms with van der Waals surface area (Å²) in [5.41, 5.74) is 8.03. The van der Waals surface area contributed by atoms with Gasteiger partial charge in [-0.2, -0.15) is 0 Å². The van der Waals surface area contributed by atoms with Gasteiger partial charge in [0.15, 0.2) is 11.3 Å². The molecule has 0 aliphatic carbocycles. The molecular weight excluding hydrogens is 438 g/mol. The Hall–Kier alpha value is -4.17. The van der Waals surface area contributed by atoms with E-state index in [-0.39, 0.29) is 11.7 Å². The van der Waals surface area contributed by atoms with Gasteiger partial charge in [0, 0.05) is 29.3 Å². The first-order valence-corrected chi connectivity index (χ1v) is 12.6. The number of benzene rings is 4. The van der Waals surface area contributed by atoms with Crippen molar-refractivity contribution in [1.29, 1.82) is 0 Å². The second kappa shape index (κ2) is 8.80. The van der Waals surface area contributed by atoms with Crippen LogP contribution in [0.15, 0.2) is 127 Å². The van der Waals surface area contributed by atoms with Crippen LogP contribution in [0.1, 0.15) is 36.1 Å².